The Balaban J connectivity index is 0.000000403. The molecule has 0 heterocycles. The van der Waals surface area contributed by atoms with E-state index in [0.29, 0.717) is 0 Å². The van der Waals surface area contributed by atoms with Crippen LogP contribution >= 0.6 is 15.2 Å². The summed E-state index contributed by atoms with van der Waals surface area (Å²) in [7, 11) is -5.24. The Kier molecular flexibility index (Phi) is 10.2. The molecule has 0 radical (unpaired) electrons. The van der Waals surface area contributed by atoms with Gasteiger partial charge >= 0.3 is 23.1 Å². The van der Waals surface area contributed by atoms with Crippen molar-refractivity contribution in [2.75, 3.05) is 14.2 Å². The van der Waals surface area contributed by atoms with Crippen LogP contribution in [0.5, 0.6) is 0 Å². The van der Waals surface area contributed by atoms with Crippen LogP contribution in [0.15, 0.2) is 60.7 Å². The monoisotopic (exact) mass is 366 g/mol. The van der Waals surface area contributed by atoms with Gasteiger partial charge < -0.3 is 28.0 Å². The van der Waals surface area contributed by atoms with Gasteiger partial charge in [0.05, 0.1) is 0 Å². The molecule has 0 fully saturated rings. The molecule has 23 heavy (non-hydrogen) atoms. The molecular formula is C14H16MgO6P2. The summed E-state index contributed by atoms with van der Waals surface area (Å²) in [5, 5.41) is 0.421. The summed E-state index contributed by atoms with van der Waals surface area (Å²) in [6.07, 6.45) is 0. The van der Waals surface area contributed by atoms with Gasteiger partial charge in [-0.15, -0.1) is 0 Å². The number of benzene rings is 2. The van der Waals surface area contributed by atoms with Crippen molar-refractivity contribution in [2.24, 2.45) is 0 Å². The van der Waals surface area contributed by atoms with Crippen molar-refractivity contribution in [3.05, 3.63) is 60.7 Å². The van der Waals surface area contributed by atoms with Gasteiger partial charge in [0.25, 0.3) is 0 Å². The summed E-state index contributed by atoms with van der Waals surface area (Å²) in [6, 6.07) is 16.1. The summed E-state index contributed by atoms with van der Waals surface area (Å²) < 4.78 is 30.7. The fourth-order valence-corrected chi connectivity index (χ4v) is 2.93. The largest absolute Gasteiger partial charge is 2.00 e. The first kappa shape index (κ1) is 22.5. The Labute approximate surface area is 151 Å². The standard InChI is InChI=1S/2C7H9O3P.Mg/c2*1-10-11(8,9)7-5-3-2-4-6-7;/h2*2-6H,1H3,(H,8,9);/q;;+2/p-2. The second-order valence-corrected chi connectivity index (χ2v) is 7.78. The van der Waals surface area contributed by atoms with Crippen LogP contribution in [0.4, 0.5) is 0 Å². The molecule has 0 saturated carbocycles. The second-order valence-electron chi connectivity index (χ2n) is 4.03. The third-order valence-corrected chi connectivity index (χ3v) is 5.45. The molecule has 2 atom stereocenters. The van der Waals surface area contributed by atoms with Gasteiger partial charge in [-0.1, -0.05) is 60.7 Å². The Hall–Kier alpha value is -0.494. The predicted octanol–water partition coefficient (Wildman–Crippen LogP) is 0.643. The smallest absolute Gasteiger partial charge is 0.775 e. The van der Waals surface area contributed by atoms with Crippen LogP contribution < -0.4 is 20.4 Å². The van der Waals surface area contributed by atoms with Gasteiger partial charge in [-0.25, -0.2) is 0 Å². The van der Waals surface area contributed by atoms with E-state index >= 15 is 0 Å². The van der Waals surface area contributed by atoms with Crippen LogP contribution in [0.1, 0.15) is 0 Å². The van der Waals surface area contributed by atoms with Crippen molar-refractivity contribution in [1.82, 2.24) is 0 Å². The van der Waals surface area contributed by atoms with Gasteiger partial charge in [-0.05, 0) is 0 Å². The second kappa shape index (κ2) is 10.4. The van der Waals surface area contributed by atoms with Gasteiger partial charge in [0.15, 0.2) is 15.2 Å². The Bertz CT molecular complexity index is 606. The predicted molar refractivity (Wildman–Crippen MR) is 87.1 cm³/mol. The molecule has 0 aliphatic rings. The molecule has 0 bridgehead atoms. The quantitative estimate of drug-likeness (QED) is 0.582. The normalized spacial score (nSPS) is 15.1. The van der Waals surface area contributed by atoms with E-state index in [0.717, 1.165) is 14.2 Å². The molecule has 2 aromatic rings. The molecule has 0 aliphatic heterocycles. The van der Waals surface area contributed by atoms with E-state index in [4.69, 9.17) is 0 Å². The van der Waals surface area contributed by atoms with Gasteiger partial charge in [0.1, 0.15) is 0 Å². The van der Waals surface area contributed by atoms with Gasteiger partial charge in [0, 0.05) is 24.8 Å². The molecule has 6 nitrogen and oxygen atoms in total. The van der Waals surface area contributed by atoms with E-state index in [9.17, 15) is 18.9 Å². The Morgan fingerprint density at radius 3 is 1.17 bits per heavy atom. The van der Waals surface area contributed by atoms with E-state index in [-0.39, 0.29) is 33.7 Å². The molecule has 2 rings (SSSR count). The minimum Gasteiger partial charge on any atom is -0.775 e. The maximum Gasteiger partial charge on any atom is 2.00 e. The molecule has 0 saturated heterocycles. The molecule has 0 aromatic heterocycles. The molecule has 2 unspecified atom stereocenters. The van der Waals surface area contributed by atoms with Crippen molar-refractivity contribution >= 4 is 48.9 Å². The molecule has 0 spiro atoms. The summed E-state index contributed by atoms with van der Waals surface area (Å²) in [5.41, 5.74) is 0. The van der Waals surface area contributed by atoms with Crippen LogP contribution in [-0.2, 0) is 18.2 Å². The molecule has 0 N–H and O–H groups in total. The molecular weight excluding hydrogens is 350 g/mol. The van der Waals surface area contributed by atoms with Gasteiger partial charge in [0.2, 0.25) is 0 Å². The summed E-state index contributed by atoms with van der Waals surface area (Å²) >= 11 is 0. The molecule has 0 amide bonds. The molecule has 0 aliphatic carbocycles. The molecule has 9 heteroatoms. The first-order valence-corrected chi connectivity index (χ1v) is 9.27. The third kappa shape index (κ3) is 7.29. The van der Waals surface area contributed by atoms with Crippen molar-refractivity contribution in [3.63, 3.8) is 0 Å². The first-order valence-electron chi connectivity index (χ1n) is 6.18. The summed E-state index contributed by atoms with van der Waals surface area (Å²) in [5.74, 6) is 0. The fraction of sp³-hybridized carbons (Fsp3) is 0.143. The van der Waals surface area contributed by atoms with Crippen LogP contribution in [0.2, 0.25) is 0 Å². The van der Waals surface area contributed by atoms with Crippen LogP contribution in [0, 0.1) is 0 Å². The minimum absolute atomic E-state index is 0. The van der Waals surface area contributed by atoms with Gasteiger partial charge in [-0.3, -0.25) is 0 Å². The zero-order valence-corrected chi connectivity index (χ0v) is 16.0. The van der Waals surface area contributed by atoms with Crippen molar-refractivity contribution in [1.29, 1.82) is 0 Å². The first-order chi connectivity index (χ1) is 10.3. The van der Waals surface area contributed by atoms with E-state index in [1.165, 1.54) is 24.3 Å². The van der Waals surface area contributed by atoms with Crippen molar-refractivity contribution < 1.29 is 28.0 Å². The zero-order chi connectivity index (χ0) is 16.6. The molecule has 120 valence electrons. The van der Waals surface area contributed by atoms with Crippen molar-refractivity contribution in [3.8, 4) is 0 Å². The Morgan fingerprint density at radius 2 is 0.957 bits per heavy atom. The molecule has 2 aromatic carbocycles. The maximum absolute atomic E-state index is 11.0. The van der Waals surface area contributed by atoms with E-state index < -0.39 is 15.2 Å². The third-order valence-electron chi connectivity index (χ3n) is 2.63. The van der Waals surface area contributed by atoms with E-state index in [1.807, 2.05) is 0 Å². The SMILES string of the molecule is COP(=O)([O-])c1ccccc1.COP(=O)([O-])c1ccccc1.[Mg+2]. The van der Waals surface area contributed by atoms with Crippen LogP contribution in [0.3, 0.4) is 0 Å². The summed E-state index contributed by atoms with van der Waals surface area (Å²) in [4.78, 5) is 22.0. The average Bonchev–Trinajstić information content (AvgIpc) is 2.57. The average molecular weight is 367 g/mol. The van der Waals surface area contributed by atoms with E-state index in [1.54, 1.807) is 36.4 Å². The van der Waals surface area contributed by atoms with Gasteiger partial charge in [-0.2, -0.15) is 0 Å². The maximum atomic E-state index is 11.0. The number of rotatable bonds is 4. The number of hydrogen-bond acceptors (Lipinski definition) is 6. The summed E-state index contributed by atoms with van der Waals surface area (Å²) in [6.45, 7) is 0. The van der Waals surface area contributed by atoms with Crippen LogP contribution in [0.25, 0.3) is 0 Å². The number of hydrogen-bond donors (Lipinski definition) is 0. The fourth-order valence-electron chi connectivity index (χ4n) is 1.43. The van der Waals surface area contributed by atoms with Crippen LogP contribution in [-0.4, -0.2) is 37.3 Å². The minimum atomic E-state index is -3.78. The van der Waals surface area contributed by atoms with Crippen molar-refractivity contribution in [2.45, 2.75) is 0 Å². The zero-order valence-electron chi connectivity index (χ0n) is 12.8. The Morgan fingerprint density at radius 1 is 0.696 bits per heavy atom. The van der Waals surface area contributed by atoms with E-state index in [2.05, 4.69) is 9.05 Å². The topological polar surface area (TPSA) is 98.7 Å².